The minimum Gasteiger partial charge on any atom is -0.484 e. The molecule has 5 nitrogen and oxygen atoms in total. The number of aryl methyl sites for hydroxylation is 3. The van der Waals surface area contributed by atoms with Crippen LogP contribution in [0.4, 0.5) is 5.13 Å². The van der Waals surface area contributed by atoms with E-state index in [2.05, 4.69) is 30.9 Å². The molecule has 6 heteroatoms. The number of anilines is 1. The monoisotopic (exact) mass is 397 g/mol. The summed E-state index contributed by atoms with van der Waals surface area (Å²) in [5.74, 6) is 0.609. The summed E-state index contributed by atoms with van der Waals surface area (Å²) >= 11 is 1.56. The largest absolute Gasteiger partial charge is 0.484 e. The van der Waals surface area contributed by atoms with E-state index in [1.54, 1.807) is 16.2 Å². The third-order valence-corrected chi connectivity index (χ3v) is 5.72. The number of thiazole rings is 1. The summed E-state index contributed by atoms with van der Waals surface area (Å²) < 4.78 is 6.85. The highest BCUT2D eigenvalue weighted by atomic mass is 32.1. The van der Waals surface area contributed by atoms with E-state index in [0.717, 1.165) is 27.5 Å². The number of carbonyl (C=O) groups is 1. The first-order chi connectivity index (χ1) is 13.3. The Morgan fingerprint density at radius 3 is 2.43 bits per heavy atom. The average molecular weight is 398 g/mol. The standard InChI is InChI=1S/C22H27N3O2S/c1-15-6-8-18(9-7-15)27-14-20(26)25(11-10-24(4)5)22-23-19-13-16(2)12-17(3)21(19)28-22/h6-9,12-13H,10-11,14H2,1-5H3. The van der Waals surface area contributed by atoms with Gasteiger partial charge in [-0.2, -0.15) is 0 Å². The van der Waals surface area contributed by atoms with Gasteiger partial charge >= 0.3 is 0 Å². The van der Waals surface area contributed by atoms with E-state index in [9.17, 15) is 4.79 Å². The molecule has 1 heterocycles. The van der Waals surface area contributed by atoms with Gasteiger partial charge in [0.2, 0.25) is 0 Å². The molecule has 0 unspecified atom stereocenters. The molecule has 0 aliphatic rings. The van der Waals surface area contributed by atoms with Gasteiger partial charge in [0.15, 0.2) is 11.7 Å². The molecular weight excluding hydrogens is 370 g/mol. The van der Waals surface area contributed by atoms with Crippen LogP contribution in [0.1, 0.15) is 16.7 Å². The van der Waals surface area contributed by atoms with E-state index in [-0.39, 0.29) is 12.5 Å². The number of benzene rings is 2. The Kier molecular flexibility index (Phi) is 6.31. The molecule has 0 aliphatic carbocycles. The molecule has 1 amide bonds. The summed E-state index contributed by atoms with van der Waals surface area (Å²) in [5.41, 5.74) is 4.47. The molecule has 0 saturated carbocycles. The molecule has 0 N–H and O–H groups in total. The smallest absolute Gasteiger partial charge is 0.266 e. The lowest BCUT2D eigenvalue weighted by Crippen LogP contribution is -2.39. The van der Waals surface area contributed by atoms with Gasteiger partial charge in [-0.05, 0) is 64.2 Å². The second kappa shape index (κ2) is 8.71. The number of carbonyl (C=O) groups excluding carboxylic acids is 1. The van der Waals surface area contributed by atoms with Crippen LogP contribution in [0, 0.1) is 20.8 Å². The number of amides is 1. The number of hydrogen-bond acceptors (Lipinski definition) is 5. The molecule has 0 radical (unpaired) electrons. The fraction of sp³-hybridized carbons (Fsp3) is 0.364. The Bertz CT molecular complexity index is 964. The second-order valence-corrected chi connectivity index (χ2v) is 8.35. The summed E-state index contributed by atoms with van der Waals surface area (Å²) in [5, 5.41) is 0.725. The van der Waals surface area contributed by atoms with Crippen molar-refractivity contribution in [2.75, 3.05) is 38.7 Å². The van der Waals surface area contributed by atoms with Crippen LogP contribution in [0.15, 0.2) is 36.4 Å². The van der Waals surface area contributed by atoms with E-state index < -0.39 is 0 Å². The van der Waals surface area contributed by atoms with E-state index in [1.807, 2.05) is 45.3 Å². The van der Waals surface area contributed by atoms with Crippen LogP contribution < -0.4 is 9.64 Å². The molecule has 0 spiro atoms. The third-order valence-electron chi connectivity index (χ3n) is 4.49. The number of nitrogens with zero attached hydrogens (tertiary/aromatic N) is 3. The van der Waals surface area contributed by atoms with Crippen molar-refractivity contribution in [1.29, 1.82) is 0 Å². The maximum absolute atomic E-state index is 13.0. The molecule has 2 aromatic carbocycles. The highest BCUT2D eigenvalue weighted by Gasteiger charge is 2.21. The van der Waals surface area contributed by atoms with Crippen molar-refractivity contribution in [3.63, 3.8) is 0 Å². The molecule has 0 saturated heterocycles. The number of hydrogen-bond donors (Lipinski definition) is 0. The van der Waals surface area contributed by atoms with E-state index in [1.165, 1.54) is 11.1 Å². The Morgan fingerprint density at radius 1 is 1.04 bits per heavy atom. The topological polar surface area (TPSA) is 45.7 Å². The number of aromatic nitrogens is 1. The lowest BCUT2D eigenvalue weighted by atomic mass is 10.1. The van der Waals surface area contributed by atoms with Crippen molar-refractivity contribution in [3.8, 4) is 5.75 Å². The van der Waals surface area contributed by atoms with Gasteiger partial charge in [-0.25, -0.2) is 4.98 Å². The van der Waals surface area contributed by atoms with Crippen molar-refractivity contribution in [3.05, 3.63) is 53.1 Å². The Labute approximate surface area is 170 Å². The van der Waals surface area contributed by atoms with E-state index in [4.69, 9.17) is 9.72 Å². The number of fused-ring (bicyclic) bond motifs is 1. The first kappa shape index (κ1) is 20.3. The summed E-state index contributed by atoms with van der Waals surface area (Å²) in [6.45, 7) is 7.49. The SMILES string of the molecule is Cc1ccc(OCC(=O)N(CCN(C)C)c2nc3cc(C)cc(C)c3s2)cc1. The predicted molar refractivity (Wildman–Crippen MR) is 117 cm³/mol. The van der Waals surface area contributed by atoms with Crippen LogP contribution in [0.5, 0.6) is 5.75 Å². The van der Waals surface area contributed by atoms with E-state index >= 15 is 0 Å². The zero-order valence-electron chi connectivity index (χ0n) is 17.2. The summed E-state index contributed by atoms with van der Waals surface area (Å²) in [4.78, 5) is 21.5. The molecule has 1 aromatic heterocycles. The molecule has 0 bridgehead atoms. The fourth-order valence-electron chi connectivity index (χ4n) is 2.96. The molecule has 0 atom stereocenters. The first-order valence-electron chi connectivity index (χ1n) is 9.36. The minimum atomic E-state index is -0.0872. The van der Waals surface area contributed by atoms with E-state index in [0.29, 0.717) is 12.3 Å². The predicted octanol–water partition coefficient (Wildman–Crippen LogP) is 4.20. The van der Waals surface area contributed by atoms with Crippen LogP contribution in [-0.2, 0) is 4.79 Å². The van der Waals surface area contributed by atoms with Crippen molar-refractivity contribution in [1.82, 2.24) is 9.88 Å². The van der Waals surface area contributed by atoms with Gasteiger partial charge in [-0.1, -0.05) is 35.1 Å². The van der Waals surface area contributed by atoms with Crippen LogP contribution in [-0.4, -0.2) is 49.6 Å². The maximum Gasteiger partial charge on any atom is 0.266 e. The average Bonchev–Trinajstić information content (AvgIpc) is 3.05. The summed E-state index contributed by atoms with van der Waals surface area (Å²) in [6.07, 6.45) is 0. The summed E-state index contributed by atoms with van der Waals surface area (Å²) in [7, 11) is 3.99. The van der Waals surface area contributed by atoms with Crippen LogP contribution in [0.2, 0.25) is 0 Å². The second-order valence-electron chi connectivity index (χ2n) is 7.38. The van der Waals surface area contributed by atoms with Gasteiger partial charge in [0.1, 0.15) is 5.75 Å². The molecule has 3 aromatic rings. The Hall–Kier alpha value is -2.44. The molecule has 148 valence electrons. The highest BCUT2D eigenvalue weighted by Crippen LogP contribution is 2.32. The van der Waals surface area contributed by atoms with Crippen LogP contribution in [0.3, 0.4) is 0 Å². The number of rotatable bonds is 7. The summed E-state index contributed by atoms with van der Waals surface area (Å²) in [6, 6.07) is 11.9. The third kappa shape index (κ3) is 4.88. The zero-order valence-corrected chi connectivity index (χ0v) is 18.0. The van der Waals surface area contributed by atoms with Gasteiger partial charge in [0.05, 0.1) is 10.2 Å². The fourth-order valence-corrected chi connectivity index (χ4v) is 4.02. The van der Waals surface area contributed by atoms with Gasteiger partial charge in [0, 0.05) is 13.1 Å². The Morgan fingerprint density at radius 2 is 1.75 bits per heavy atom. The zero-order chi connectivity index (χ0) is 20.3. The quantitative estimate of drug-likeness (QED) is 0.600. The van der Waals surface area contributed by atoms with Gasteiger partial charge in [-0.3, -0.25) is 9.69 Å². The highest BCUT2D eigenvalue weighted by molar-refractivity contribution is 7.22. The van der Waals surface area contributed by atoms with Crippen LogP contribution in [0.25, 0.3) is 10.2 Å². The molecule has 0 aliphatic heterocycles. The molecular formula is C22H27N3O2S. The maximum atomic E-state index is 13.0. The lowest BCUT2D eigenvalue weighted by Gasteiger charge is -2.22. The molecule has 0 fully saturated rings. The van der Waals surface area contributed by atoms with Crippen molar-refractivity contribution in [2.24, 2.45) is 0 Å². The number of ether oxygens (including phenoxy) is 1. The minimum absolute atomic E-state index is 0.00950. The van der Waals surface area contributed by atoms with Crippen LogP contribution >= 0.6 is 11.3 Å². The number of likely N-dealkylation sites (N-methyl/N-ethyl adjacent to an activating group) is 1. The van der Waals surface area contributed by atoms with Gasteiger partial charge in [0.25, 0.3) is 5.91 Å². The molecule has 3 rings (SSSR count). The normalized spacial score (nSPS) is 11.2. The first-order valence-corrected chi connectivity index (χ1v) is 10.2. The molecule has 28 heavy (non-hydrogen) atoms. The lowest BCUT2D eigenvalue weighted by molar-refractivity contribution is -0.120. The van der Waals surface area contributed by atoms with Crippen molar-refractivity contribution in [2.45, 2.75) is 20.8 Å². The Balaban J connectivity index is 1.82. The van der Waals surface area contributed by atoms with Gasteiger partial charge < -0.3 is 9.64 Å². The van der Waals surface area contributed by atoms with Crippen molar-refractivity contribution >= 4 is 32.6 Å². The van der Waals surface area contributed by atoms with Crippen molar-refractivity contribution < 1.29 is 9.53 Å². The van der Waals surface area contributed by atoms with Gasteiger partial charge in [-0.15, -0.1) is 0 Å².